The van der Waals surface area contributed by atoms with Gasteiger partial charge in [0.1, 0.15) is 30.4 Å². The molecule has 5 nitrogen and oxygen atoms in total. The van der Waals surface area contributed by atoms with Crippen LogP contribution in [0.5, 0.6) is 11.5 Å². The van der Waals surface area contributed by atoms with Crippen LogP contribution in [-0.4, -0.2) is 22.6 Å². The SMILES string of the molecule is Cc1cccc2nc(-c3ccsc3)c(Nc3ccc4c(c3)OCCO4)n12.Cl. The van der Waals surface area contributed by atoms with Gasteiger partial charge in [0.2, 0.25) is 0 Å². The zero-order valence-electron chi connectivity index (χ0n) is 14.6. The molecule has 138 valence electrons. The van der Waals surface area contributed by atoms with Gasteiger partial charge in [0, 0.05) is 28.4 Å². The quantitative estimate of drug-likeness (QED) is 0.507. The summed E-state index contributed by atoms with van der Waals surface area (Å²) >= 11 is 1.67. The van der Waals surface area contributed by atoms with E-state index in [1.807, 2.05) is 30.3 Å². The third-order valence-electron chi connectivity index (χ3n) is 4.44. The number of anilines is 2. The topological polar surface area (TPSA) is 47.8 Å². The van der Waals surface area contributed by atoms with Crippen molar-refractivity contribution in [1.29, 1.82) is 0 Å². The predicted molar refractivity (Wildman–Crippen MR) is 111 cm³/mol. The van der Waals surface area contributed by atoms with Gasteiger partial charge < -0.3 is 14.8 Å². The first kappa shape index (κ1) is 17.7. The normalized spacial score (nSPS) is 12.6. The second-order valence-electron chi connectivity index (χ2n) is 6.17. The van der Waals surface area contributed by atoms with Crippen LogP contribution in [0.4, 0.5) is 11.5 Å². The average molecular weight is 400 g/mol. The van der Waals surface area contributed by atoms with Crippen LogP contribution in [0.1, 0.15) is 5.69 Å². The maximum absolute atomic E-state index is 5.71. The molecule has 0 aliphatic carbocycles. The van der Waals surface area contributed by atoms with E-state index >= 15 is 0 Å². The van der Waals surface area contributed by atoms with Crippen LogP contribution in [0.3, 0.4) is 0 Å². The minimum Gasteiger partial charge on any atom is -0.486 e. The molecule has 0 bridgehead atoms. The molecule has 1 aromatic carbocycles. The Kier molecular flexibility index (Phi) is 4.68. The second-order valence-corrected chi connectivity index (χ2v) is 6.95. The monoisotopic (exact) mass is 399 g/mol. The fourth-order valence-electron chi connectivity index (χ4n) is 3.23. The molecule has 0 unspecified atom stereocenters. The third-order valence-corrected chi connectivity index (χ3v) is 5.12. The second kappa shape index (κ2) is 7.13. The van der Waals surface area contributed by atoms with Crippen molar-refractivity contribution in [1.82, 2.24) is 9.38 Å². The highest BCUT2D eigenvalue weighted by Crippen LogP contribution is 2.37. The number of hydrogen-bond donors (Lipinski definition) is 1. The molecule has 4 heterocycles. The predicted octanol–water partition coefficient (Wildman–Crippen LogP) is 5.31. The fourth-order valence-corrected chi connectivity index (χ4v) is 3.87. The van der Waals surface area contributed by atoms with Crippen LogP contribution in [0.25, 0.3) is 16.9 Å². The van der Waals surface area contributed by atoms with Crippen LogP contribution in [0, 0.1) is 6.92 Å². The van der Waals surface area contributed by atoms with Crippen molar-refractivity contribution >= 4 is 40.9 Å². The van der Waals surface area contributed by atoms with Crippen molar-refractivity contribution in [3.05, 3.63) is 58.9 Å². The smallest absolute Gasteiger partial charge is 0.163 e. The highest BCUT2D eigenvalue weighted by molar-refractivity contribution is 7.08. The lowest BCUT2D eigenvalue weighted by atomic mass is 10.2. The molecule has 1 N–H and O–H groups in total. The van der Waals surface area contributed by atoms with E-state index in [4.69, 9.17) is 14.5 Å². The summed E-state index contributed by atoms with van der Waals surface area (Å²) in [5.41, 5.74) is 5.03. The van der Waals surface area contributed by atoms with Gasteiger partial charge in [-0.2, -0.15) is 11.3 Å². The van der Waals surface area contributed by atoms with Gasteiger partial charge in [0.25, 0.3) is 0 Å². The number of hydrogen-bond acceptors (Lipinski definition) is 5. The van der Waals surface area contributed by atoms with E-state index in [0.29, 0.717) is 13.2 Å². The molecule has 0 atom stereocenters. The summed E-state index contributed by atoms with van der Waals surface area (Å²) in [7, 11) is 0. The molecular weight excluding hydrogens is 382 g/mol. The Morgan fingerprint density at radius 3 is 2.74 bits per heavy atom. The average Bonchev–Trinajstić information content (AvgIpc) is 3.30. The summed E-state index contributed by atoms with van der Waals surface area (Å²) in [6.45, 7) is 3.25. The molecule has 3 aromatic heterocycles. The summed E-state index contributed by atoms with van der Waals surface area (Å²) in [6, 6.07) is 14.2. The number of rotatable bonds is 3. The Labute approximate surface area is 167 Å². The van der Waals surface area contributed by atoms with E-state index in [0.717, 1.165) is 45.6 Å². The summed E-state index contributed by atoms with van der Waals surface area (Å²) in [6.07, 6.45) is 0. The molecule has 0 saturated heterocycles. The number of fused-ring (bicyclic) bond motifs is 2. The van der Waals surface area contributed by atoms with Crippen molar-refractivity contribution < 1.29 is 9.47 Å². The zero-order valence-corrected chi connectivity index (χ0v) is 16.3. The molecule has 1 aliphatic rings. The Bertz CT molecular complexity index is 1090. The summed E-state index contributed by atoms with van der Waals surface area (Å²) in [4.78, 5) is 4.85. The first-order chi connectivity index (χ1) is 12.8. The number of halogens is 1. The molecule has 1 aliphatic heterocycles. The van der Waals surface area contributed by atoms with E-state index in [9.17, 15) is 0 Å². The number of aryl methyl sites for hydroxylation is 1. The van der Waals surface area contributed by atoms with Gasteiger partial charge >= 0.3 is 0 Å². The van der Waals surface area contributed by atoms with Crippen molar-refractivity contribution in [2.75, 3.05) is 18.5 Å². The largest absolute Gasteiger partial charge is 0.486 e. The number of nitrogens with zero attached hydrogens (tertiary/aromatic N) is 2. The van der Waals surface area contributed by atoms with Crippen molar-refractivity contribution in [2.45, 2.75) is 6.92 Å². The van der Waals surface area contributed by atoms with E-state index in [-0.39, 0.29) is 12.4 Å². The lowest BCUT2D eigenvalue weighted by Crippen LogP contribution is -2.15. The zero-order chi connectivity index (χ0) is 17.5. The molecule has 7 heteroatoms. The maximum atomic E-state index is 5.71. The lowest BCUT2D eigenvalue weighted by molar-refractivity contribution is 0.171. The van der Waals surface area contributed by atoms with E-state index in [1.54, 1.807) is 11.3 Å². The van der Waals surface area contributed by atoms with Crippen molar-refractivity contribution in [3.8, 4) is 22.8 Å². The highest BCUT2D eigenvalue weighted by Gasteiger charge is 2.17. The number of thiophene rings is 1. The van der Waals surface area contributed by atoms with Crippen LogP contribution < -0.4 is 14.8 Å². The van der Waals surface area contributed by atoms with Gasteiger partial charge in [-0.15, -0.1) is 12.4 Å². The summed E-state index contributed by atoms with van der Waals surface area (Å²) in [5, 5.41) is 7.73. The molecule has 0 saturated carbocycles. The number of ether oxygens (including phenoxy) is 2. The van der Waals surface area contributed by atoms with Gasteiger partial charge in [-0.3, -0.25) is 4.40 Å². The van der Waals surface area contributed by atoms with Crippen molar-refractivity contribution in [2.24, 2.45) is 0 Å². The minimum absolute atomic E-state index is 0. The Hall–Kier alpha value is -2.70. The minimum atomic E-state index is 0. The van der Waals surface area contributed by atoms with E-state index in [1.165, 1.54) is 0 Å². The standard InChI is InChI=1S/C20H17N3O2S.ClH/c1-13-3-2-4-18-22-19(14-7-10-26-12-14)20(23(13)18)21-15-5-6-16-17(11-15)25-9-8-24-16;/h2-7,10-12,21H,8-9H2,1H3;1H. The van der Waals surface area contributed by atoms with Crippen LogP contribution in [0.15, 0.2) is 53.2 Å². The number of aromatic nitrogens is 2. The summed E-state index contributed by atoms with van der Waals surface area (Å²) < 4.78 is 13.5. The molecule has 0 amide bonds. The Morgan fingerprint density at radius 1 is 1.07 bits per heavy atom. The number of imidazole rings is 1. The summed E-state index contributed by atoms with van der Waals surface area (Å²) in [5.74, 6) is 2.51. The number of pyridine rings is 1. The first-order valence-corrected chi connectivity index (χ1v) is 9.41. The third kappa shape index (κ3) is 3.11. The van der Waals surface area contributed by atoms with Gasteiger partial charge in [0.05, 0.1) is 0 Å². The molecule has 0 radical (unpaired) electrons. The van der Waals surface area contributed by atoms with Gasteiger partial charge in [-0.25, -0.2) is 4.98 Å². The Morgan fingerprint density at radius 2 is 1.93 bits per heavy atom. The van der Waals surface area contributed by atoms with Crippen molar-refractivity contribution in [3.63, 3.8) is 0 Å². The molecule has 4 aromatic rings. The highest BCUT2D eigenvalue weighted by atomic mass is 35.5. The molecular formula is C20H18ClN3O2S. The van der Waals surface area contributed by atoms with E-state index < -0.39 is 0 Å². The lowest BCUT2D eigenvalue weighted by Gasteiger charge is -2.19. The van der Waals surface area contributed by atoms with Gasteiger partial charge in [0.15, 0.2) is 11.5 Å². The number of nitrogens with one attached hydrogen (secondary N) is 1. The molecule has 27 heavy (non-hydrogen) atoms. The molecule has 0 fully saturated rings. The van der Waals surface area contributed by atoms with Crippen LogP contribution >= 0.6 is 23.7 Å². The fraction of sp³-hybridized carbons (Fsp3) is 0.150. The maximum Gasteiger partial charge on any atom is 0.163 e. The van der Waals surface area contributed by atoms with Gasteiger partial charge in [-0.05, 0) is 42.6 Å². The molecule has 0 spiro atoms. The number of benzene rings is 1. The van der Waals surface area contributed by atoms with E-state index in [2.05, 4.69) is 39.5 Å². The Balaban J connectivity index is 0.00000180. The van der Waals surface area contributed by atoms with Gasteiger partial charge in [-0.1, -0.05) is 6.07 Å². The van der Waals surface area contributed by atoms with Crippen LogP contribution in [-0.2, 0) is 0 Å². The molecule has 5 rings (SSSR count). The first-order valence-electron chi connectivity index (χ1n) is 8.47. The van der Waals surface area contributed by atoms with Crippen LogP contribution in [0.2, 0.25) is 0 Å².